The number of phenols is 1. The van der Waals surface area contributed by atoms with Gasteiger partial charge in [0, 0.05) is 11.8 Å². The predicted molar refractivity (Wildman–Crippen MR) is 91.4 cm³/mol. The molecule has 0 saturated heterocycles. The number of hydrogen-bond acceptors (Lipinski definition) is 3. The van der Waals surface area contributed by atoms with Gasteiger partial charge in [0.2, 0.25) is 0 Å². The maximum Gasteiger partial charge on any atom is 0.125 e. The summed E-state index contributed by atoms with van der Waals surface area (Å²) >= 11 is 0. The maximum absolute atomic E-state index is 13.4. The largest absolute Gasteiger partial charge is 0.507 e. The van der Waals surface area contributed by atoms with Crippen molar-refractivity contribution in [2.24, 2.45) is 0 Å². The van der Waals surface area contributed by atoms with Gasteiger partial charge in [-0.05, 0) is 53.6 Å². The summed E-state index contributed by atoms with van der Waals surface area (Å²) < 4.78 is 13.4. The first-order valence-electron chi connectivity index (χ1n) is 7.29. The minimum Gasteiger partial charge on any atom is -0.507 e. The Morgan fingerprint density at radius 2 is 1.79 bits per heavy atom. The summed E-state index contributed by atoms with van der Waals surface area (Å²) in [6.07, 6.45) is 5.36. The smallest absolute Gasteiger partial charge is 0.125 e. The van der Waals surface area contributed by atoms with Gasteiger partial charge in [0.05, 0.1) is 17.3 Å². The van der Waals surface area contributed by atoms with E-state index in [1.54, 1.807) is 24.4 Å². The van der Waals surface area contributed by atoms with Crippen molar-refractivity contribution in [2.45, 2.75) is 0 Å². The summed E-state index contributed by atoms with van der Waals surface area (Å²) in [4.78, 5) is 4.19. The molecule has 0 aliphatic heterocycles. The number of aromatic hydroxyl groups is 1. The summed E-state index contributed by atoms with van der Waals surface area (Å²) in [7, 11) is 0. The number of benzene rings is 2. The van der Waals surface area contributed by atoms with Crippen molar-refractivity contribution in [1.82, 2.24) is 4.98 Å². The number of halogens is 1. The number of nitrogens with zero attached hydrogens (tertiary/aromatic N) is 2. The molecule has 0 aliphatic carbocycles. The molecule has 0 spiro atoms. The van der Waals surface area contributed by atoms with E-state index in [1.165, 1.54) is 18.2 Å². The fourth-order valence-electron chi connectivity index (χ4n) is 2.32. The summed E-state index contributed by atoms with van der Waals surface area (Å²) in [5, 5.41) is 18.8. The number of nitriles is 1. The number of aromatic nitrogens is 1. The van der Waals surface area contributed by atoms with Gasteiger partial charge >= 0.3 is 0 Å². The van der Waals surface area contributed by atoms with Gasteiger partial charge in [-0.15, -0.1) is 0 Å². The van der Waals surface area contributed by atoms with Crippen molar-refractivity contribution in [2.75, 3.05) is 0 Å². The molecule has 24 heavy (non-hydrogen) atoms. The van der Waals surface area contributed by atoms with Crippen LogP contribution in [0.1, 0.15) is 16.7 Å². The molecule has 4 heteroatoms. The topological polar surface area (TPSA) is 56.9 Å². The number of phenolic OH excluding ortho intramolecular Hbond substituents is 1. The lowest BCUT2D eigenvalue weighted by atomic mass is 10.1. The van der Waals surface area contributed by atoms with Crippen LogP contribution in [-0.4, -0.2) is 10.1 Å². The summed E-state index contributed by atoms with van der Waals surface area (Å²) in [5.41, 5.74) is 3.18. The molecule has 3 nitrogen and oxygen atoms in total. The quantitative estimate of drug-likeness (QED) is 0.766. The standard InChI is InChI=1S/C20H13FN2O/c21-17-6-7-20(24)18(12-17)19-11-15(8-9-23-19)5-4-14-2-1-3-16(10-14)13-22/h1-12,24H. The Labute approximate surface area is 139 Å². The molecular formula is C20H13FN2O. The lowest BCUT2D eigenvalue weighted by Crippen LogP contribution is -1.87. The molecule has 0 aliphatic rings. The van der Waals surface area contributed by atoms with Gasteiger partial charge in [0.1, 0.15) is 11.6 Å². The molecule has 3 aromatic rings. The van der Waals surface area contributed by atoms with E-state index in [0.29, 0.717) is 16.8 Å². The van der Waals surface area contributed by atoms with E-state index < -0.39 is 5.82 Å². The van der Waals surface area contributed by atoms with E-state index in [-0.39, 0.29) is 5.75 Å². The molecule has 1 aromatic heterocycles. The summed E-state index contributed by atoms with van der Waals surface area (Å²) in [5.74, 6) is -0.453. The zero-order valence-corrected chi connectivity index (χ0v) is 12.6. The molecule has 0 amide bonds. The molecule has 0 radical (unpaired) electrons. The van der Waals surface area contributed by atoms with Crippen LogP contribution in [0.2, 0.25) is 0 Å². The van der Waals surface area contributed by atoms with E-state index in [0.717, 1.165) is 11.1 Å². The van der Waals surface area contributed by atoms with Crippen LogP contribution in [0.15, 0.2) is 60.8 Å². The molecule has 0 atom stereocenters. The second-order valence-corrected chi connectivity index (χ2v) is 5.21. The number of rotatable bonds is 3. The second kappa shape index (κ2) is 6.76. The van der Waals surface area contributed by atoms with Crippen molar-refractivity contribution in [3.05, 3.63) is 83.3 Å². The van der Waals surface area contributed by atoms with Crippen LogP contribution in [0.4, 0.5) is 4.39 Å². The molecular weight excluding hydrogens is 303 g/mol. The average molecular weight is 316 g/mol. The lowest BCUT2D eigenvalue weighted by Gasteiger charge is -2.05. The molecule has 3 rings (SSSR count). The van der Waals surface area contributed by atoms with Crippen LogP contribution in [0, 0.1) is 17.1 Å². The predicted octanol–water partition coefficient (Wildman–Crippen LogP) is 4.64. The Morgan fingerprint density at radius 3 is 2.58 bits per heavy atom. The molecule has 0 bridgehead atoms. The zero-order chi connectivity index (χ0) is 16.9. The van der Waals surface area contributed by atoms with Crippen LogP contribution in [0.3, 0.4) is 0 Å². The average Bonchev–Trinajstić information content (AvgIpc) is 2.62. The monoisotopic (exact) mass is 316 g/mol. The minimum absolute atomic E-state index is 0.0215. The van der Waals surface area contributed by atoms with E-state index in [1.807, 2.05) is 30.4 Å². The van der Waals surface area contributed by atoms with E-state index in [4.69, 9.17) is 5.26 Å². The third-order valence-electron chi connectivity index (χ3n) is 3.50. The van der Waals surface area contributed by atoms with Gasteiger partial charge in [0.25, 0.3) is 0 Å². The van der Waals surface area contributed by atoms with Crippen LogP contribution >= 0.6 is 0 Å². The Kier molecular flexibility index (Phi) is 4.35. The second-order valence-electron chi connectivity index (χ2n) is 5.21. The van der Waals surface area contributed by atoms with Gasteiger partial charge in [-0.3, -0.25) is 4.98 Å². The highest BCUT2D eigenvalue weighted by molar-refractivity contribution is 5.74. The maximum atomic E-state index is 13.4. The molecule has 1 N–H and O–H groups in total. The summed E-state index contributed by atoms with van der Waals surface area (Å²) in [6, 6.07) is 16.7. The Hall–Kier alpha value is -3.45. The first-order chi connectivity index (χ1) is 11.7. The zero-order valence-electron chi connectivity index (χ0n) is 12.6. The van der Waals surface area contributed by atoms with Gasteiger partial charge < -0.3 is 5.11 Å². The van der Waals surface area contributed by atoms with Crippen LogP contribution in [0.5, 0.6) is 5.75 Å². The van der Waals surface area contributed by atoms with Crippen LogP contribution in [-0.2, 0) is 0 Å². The third-order valence-corrected chi connectivity index (χ3v) is 3.50. The highest BCUT2D eigenvalue weighted by Crippen LogP contribution is 2.28. The third kappa shape index (κ3) is 3.47. The highest BCUT2D eigenvalue weighted by atomic mass is 19.1. The molecule has 0 unspecified atom stereocenters. The lowest BCUT2D eigenvalue weighted by molar-refractivity contribution is 0.475. The Balaban J connectivity index is 1.92. The molecule has 1 heterocycles. The molecule has 116 valence electrons. The fraction of sp³-hybridized carbons (Fsp3) is 0. The molecule has 0 saturated carbocycles. The van der Waals surface area contributed by atoms with Crippen LogP contribution < -0.4 is 0 Å². The summed E-state index contributed by atoms with van der Waals surface area (Å²) in [6.45, 7) is 0. The Morgan fingerprint density at radius 1 is 1.00 bits per heavy atom. The van der Waals surface area contributed by atoms with Crippen molar-refractivity contribution in [3.63, 3.8) is 0 Å². The van der Waals surface area contributed by atoms with E-state index >= 15 is 0 Å². The van der Waals surface area contributed by atoms with Gasteiger partial charge in [-0.25, -0.2) is 4.39 Å². The minimum atomic E-state index is -0.432. The Bertz CT molecular complexity index is 958. The van der Waals surface area contributed by atoms with Crippen molar-refractivity contribution in [1.29, 1.82) is 5.26 Å². The number of pyridine rings is 1. The highest BCUT2D eigenvalue weighted by Gasteiger charge is 2.07. The van der Waals surface area contributed by atoms with Crippen molar-refractivity contribution in [3.8, 4) is 23.1 Å². The fourth-order valence-corrected chi connectivity index (χ4v) is 2.32. The molecule has 0 fully saturated rings. The SMILES string of the molecule is N#Cc1cccc(C=Cc2ccnc(-c3cc(F)ccc3O)c2)c1. The first-order valence-corrected chi connectivity index (χ1v) is 7.29. The van der Waals surface area contributed by atoms with Gasteiger partial charge in [-0.1, -0.05) is 24.3 Å². The normalized spacial score (nSPS) is 10.7. The van der Waals surface area contributed by atoms with Gasteiger partial charge in [0.15, 0.2) is 0 Å². The van der Waals surface area contributed by atoms with E-state index in [2.05, 4.69) is 11.1 Å². The molecule has 2 aromatic carbocycles. The van der Waals surface area contributed by atoms with Crippen LogP contribution in [0.25, 0.3) is 23.4 Å². The number of hydrogen-bond donors (Lipinski definition) is 1. The van der Waals surface area contributed by atoms with Crippen molar-refractivity contribution < 1.29 is 9.50 Å². The van der Waals surface area contributed by atoms with Gasteiger partial charge in [-0.2, -0.15) is 5.26 Å². The van der Waals surface area contributed by atoms with Crippen molar-refractivity contribution >= 4 is 12.2 Å². The first kappa shape index (κ1) is 15.4. The van der Waals surface area contributed by atoms with E-state index in [9.17, 15) is 9.50 Å².